The van der Waals surface area contributed by atoms with Gasteiger partial charge in [-0.2, -0.15) is 5.26 Å². The van der Waals surface area contributed by atoms with Gasteiger partial charge in [0.25, 0.3) is 0 Å². The Labute approximate surface area is 153 Å². The zero-order valence-corrected chi connectivity index (χ0v) is 14.5. The van der Waals surface area contributed by atoms with E-state index in [0.717, 1.165) is 0 Å². The van der Waals surface area contributed by atoms with Gasteiger partial charge in [-0.25, -0.2) is 4.79 Å². The number of fused-ring (bicyclic) bond motifs is 1. The zero-order chi connectivity index (χ0) is 18.0. The average Bonchev–Trinajstić information content (AvgIpc) is 2.62. The lowest BCUT2D eigenvalue weighted by Crippen LogP contribution is -2.06. The van der Waals surface area contributed by atoms with Crippen LogP contribution in [-0.2, 0) is 4.74 Å². The molecule has 0 amide bonds. The molecule has 0 aliphatic carbocycles. The number of nitrogens with one attached hydrogen (secondary N) is 1. The van der Waals surface area contributed by atoms with Crippen LogP contribution >= 0.6 is 23.2 Å². The molecule has 3 aromatic rings. The molecule has 1 heterocycles. The number of nitrogens with zero attached hydrogens (tertiary/aromatic N) is 2. The van der Waals surface area contributed by atoms with Gasteiger partial charge >= 0.3 is 5.97 Å². The van der Waals surface area contributed by atoms with Gasteiger partial charge in [0.05, 0.1) is 35.1 Å². The number of esters is 1. The average molecular weight is 372 g/mol. The van der Waals surface area contributed by atoms with Crippen molar-refractivity contribution in [2.75, 3.05) is 12.4 Å². The number of ether oxygens (including phenoxy) is 1. The molecule has 3 rings (SSSR count). The monoisotopic (exact) mass is 371 g/mol. The van der Waals surface area contributed by atoms with Crippen LogP contribution in [0.5, 0.6) is 0 Å². The molecule has 0 aliphatic rings. The minimum Gasteiger partial charge on any atom is -0.465 e. The molecule has 0 spiro atoms. The molecule has 0 radical (unpaired) electrons. The van der Waals surface area contributed by atoms with Crippen molar-refractivity contribution in [3.63, 3.8) is 0 Å². The lowest BCUT2D eigenvalue weighted by Gasteiger charge is -2.14. The third kappa shape index (κ3) is 3.36. The molecule has 0 saturated carbocycles. The quantitative estimate of drug-likeness (QED) is 0.659. The van der Waals surface area contributed by atoms with Gasteiger partial charge in [-0.05, 0) is 36.4 Å². The molecule has 0 atom stereocenters. The molecule has 1 N–H and O–H groups in total. The van der Waals surface area contributed by atoms with E-state index in [1.807, 2.05) is 0 Å². The Balaban J connectivity index is 2.20. The minimum absolute atomic E-state index is 0.255. The Hall–Kier alpha value is -2.81. The van der Waals surface area contributed by atoms with Crippen molar-refractivity contribution in [2.24, 2.45) is 0 Å². The van der Waals surface area contributed by atoms with Crippen molar-refractivity contribution in [1.82, 2.24) is 4.98 Å². The highest BCUT2D eigenvalue weighted by Crippen LogP contribution is 2.32. The molecule has 0 unspecified atom stereocenters. The molecule has 124 valence electrons. The van der Waals surface area contributed by atoms with Crippen molar-refractivity contribution in [2.45, 2.75) is 0 Å². The van der Waals surface area contributed by atoms with Crippen LogP contribution in [0.4, 0.5) is 11.4 Å². The normalized spacial score (nSPS) is 10.3. The number of rotatable bonds is 3. The number of hydrogen-bond acceptors (Lipinski definition) is 5. The molecule has 2 aromatic carbocycles. The van der Waals surface area contributed by atoms with Gasteiger partial charge in [0.15, 0.2) is 0 Å². The summed E-state index contributed by atoms with van der Waals surface area (Å²) in [4.78, 5) is 16.3. The Bertz CT molecular complexity index is 1030. The maximum Gasteiger partial charge on any atom is 0.340 e. The molecule has 0 bridgehead atoms. The van der Waals surface area contributed by atoms with Gasteiger partial charge in [-0.15, -0.1) is 0 Å². The summed E-state index contributed by atoms with van der Waals surface area (Å²) in [7, 11) is 1.29. The van der Waals surface area contributed by atoms with E-state index in [9.17, 15) is 10.1 Å². The molecular weight excluding hydrogens is 361 g/mol. The summed E-state index contributed by atoms with van der Waals surface area (Å²) >= 11 is 12.1. The summed E-state index contributed by atoms with van der Waals surface area (Å²) in [6, 6.07) is 12.1. The molecule has 25 heavy (non-hydrogen) atoms. The molecule has 5 nitrogen and oxygen atoms in total. The number of benzene rings is 2. The van der Waals surface area contributed by atoms with E-state index in [-0.39, 0.29) is 5.56 Å². The molecule has 7 heteroatoms. The Morgan fingerprint density at radius 3 is 2.64 bits per heavy atom. The van der Waals surface area contributed by atoms with Crippen molar-refractivity contribution >= 4 is 51.4 Å². The van der Waals surface area contributed by atoms with Crippen LogP contribution in [0.15, 0.2) is 42.6 Å². The van der Waals surface area contributed by atoms with E-state index < -0.39 is 5.97 Å². The lowest BCUT2D eigenvalue weighted by atomic mass is 10.1. The number of hydrogen-bond donors (Lipinski definition) is 1. The standard InChI is InChI=1S/C18H11Cl2N3O2/c1-25-18(24)14-7-12(20)3-5-16(14)23-17-10(8-21)9-22-15-4-2-11(19)6-13(15)17/h2-7,9H,1H3,(H,22,23). The number of nitriles is 1. The first kappa shape index (κ1) is 17.0. The first-order valence-electron chi connectivity index (χ1n) is 7.16. The Morgan fingerprint density at radius 2 is 1.92 bits per heavy atom. The fraction of sp³-hybridized carbons (Fsp3) is 0.0556. The van der Waals surface area contributed by atoms with Gasteiger partial charge in [0.2, 0.25) is 0 Å². The number of carbonyl (C=O) groups excluding carboxylic acids is 1. The summed E-state index contributed by atoms with van der Waals surface area (Å²) in [5.41, 5.74) is 2.20. The first-order valence-corrected chi connectivity index (χ1v) is 7.92. The van der Waals surface area contributed by atoms with Crippen molar-refractivity contribution in [3.8, 4) is 6.07 Å². The second kappa shape index (κ2) is 6.98. The van der Waals surface area contributed by atoms with E-state index in [0.29, 0.717) is 37.9 Å². The molecule has 0 aliphatic heterocycles. The number of halogens is 2. The van der Waals surface area contributed by atoms with E-state index >= 15 is 0 Å². The van der Waals surface area contributed by atoms with Crippen LogP contribution in [0.2, 0.25) is 10.0 Å². The van der Waals surface area contributed by atoms with Gasteiger partial charge in [-0.3, -0.25) is 4.98 Å². The summed E-state index contributed by atoms with van der Waals surface area (Å²) in [5.74, 6) is -0.542. The van der Waals surface area contributed by atoms with Crippen LogP contribution in [0, 0.1) is 11.3 Å². The van der Waals surface area contributed by atoms with Crippen LogP contribution in [-0.4, -0.2) is 18.1 Å². The number of anilines is 2. The number of carbonyl (C=O) groups is 1. The van der Waals surface area contributed by atoms with Gasteiger partial charge in [-0.1, -0.05) is 23.2 Å². The van der Waals surface area contributed by atoms with Gasteiger partial charge in [0, 0.05) is 21.6 Å². The summed E-state index contributed by atoms with van der Waals surface area (Å²) in [6.45, 7) is 0. The summed E-state index contributed by atoms with van der Waals surface area (Å²) < 4.78 is 4.80. The third-order valence-electron chi connectivity index (χ3n) is 3.60. The molecule has 1 aromatic heterocycles. The maximum absolute atomic E-state index is 12.0. The predicted octanol–water partition coefficient (Wildman–Crippen LogP) is 4.94. The smallest absolute Gasteiger partial charge is 0.340 e. The van der Waals surface area contributed by atoms with E-state index in [1.54, 1.807) is 30.3 Å². The van der Waals surface area contributed by atoms with E-state index in [4.69, 9.17) is 27.9 Å². The van der Waals surface area contributed by atoms with Crippen LogP contribution in [0.1, 0.15) is 15.9 Å². The Morgan fingerprint density at radius 1 is 1.20 bits per heavy atom. The van der Waals surface area contributed by atoms with Crippen LogP contribution in [0.3, 0.4) is 0 Å². The Kier molecular flexibility index (Phi) is 4.75. The van der Waals surface area contributed by atoms with Crippen molar-refractivity contribution in [1.29, 1.82) is 5.26 Å². The SMILES string of the molecule is COC(=O)c1cc(Cl)ccc1Nc1c(C#N)cnc2ccc(Cl)cc12. The lowest BCUT2D eigenvalue weighted by molar-refractivity contribution is 0.0602. The second-order valence-electron chi connectivity index (χ2n) is 5.13. The van der Waals surface area contributed by atoms with Crippen molar-refractivity contribution in [3.05, 3.63) is 63.8 Å². The topological polar surface area (TPSA) is 75.0 Å². The summed E-state index contributed by atoms with van der Waals surface area (Å²) in [6.07, 6.45) is 1.46. The zero-order valence-electron chi connectivity index (χ0n) is 13.0. The van der Waals surface area contributed by atoms with Gasteiger partial charge in [0.1, 0.15) is 6.07 Å². The highest BCUT2D eigenvalue weighted by Gasteiger charge is 2.16. The first-order chi connectivity index (χ1) is 12.0. The number of methoxy groups -OCH3 is 1. The molecule has 0 saturated heterocycles. The fourth-order valence-electron chi connectivity index (χ4n) is 2.42. The van der Waals surface area contributed by atoms with E-state index in [2.05, 4.69) is 16.4 Å². The second-order valence-corrected chi connectivity index (χ2v) is 6.00. The minimum atomic E-state index is -0.542. The molecular formula is C18H11Cl2N3O2. The van der Waals surface area contributed by atoms with Crippen LogP contribution < -0.4 is 5.32 Å². The molecule has 0 fully saturated rings. The number of pyridine rings is 1. The van der Waals surface area contributed by atoms with E-state index in [1.165, 1.54) is 19.4 Å². The van der Waals surface area contributed by atoms with Gasteiger partial charge < -0.3 is 10.1 Å². The largest absolute Gasteiger partial charge is 0.465 e. The maximum atomic E-state index is 12.0. The summed E-state index contributed by atoms with van der Waals surface area (Å²) in [5, 5.41) is 14.1. The number of aromatic nitrogens is 1. The van der Waals surface area contributed by atoms with Crippen molar-refractivity contribution < 1.29 is 9.53 Å². The van der Waals surface area contributed by atoms with Crippen LogP contribution in [0.25, 0.3) is 10.9 Å². The highest BCUT2D eigenvalue weighted by atomic mass is 35.5. The predicted molar refractivity (Wildman–Crippen MR) is 97.5 cm³/mol. The fourth-order valence-corrected chi connectivity index (χ4v) is 2.77. The third-order valence-corrected chi connectivity index (χ3v) is 4.07. The highest BCUT2D eigenvalue weighted by molar-refractivity contribution is 6.31.